The van der Waals surface area contributed by atoms with E-state index in [2.05, 4.69) is 38.6 Å². The lowest BCUT2D eigenvalue weighted by Gasteiger charge is -2.32. The summed E-state index contributed by atoms with van der Waals surface area (Å²) in [5, 5.41) is 5.64. The molecule has 0 spiro atoms. The molecule has 0 aromatic carbocycles. The molecular formula is C16H23ClN6. The van der Waals surface area contributed by atoms with Crippen LogP contribution in [0.2, 0.25) is 0 Å². The summed E-state index contributed by atoms with van der Waals surface area (Å²) < 4.78 is 0. The zero-order chi connectivity index (χ0) is 16.2. The summed E-state index contributed by atoms with van der Waals surface area (Å²) in [5.41, 5.74) is 5.11. The SMILES string of the molecule is CN1CCN(Cc2ccc(NC3=CN(C)NC(Cl)=C3)nc2)CC1. The maximum atomic E-state index is 6.01. The van der Waals surface area contributed by atoms with E-state index < -0.39 is 0 Å². The summed E-state index contributed by atoms with van der Waals surface area (Å²) in [5.74, 6) is 0.814. The first-order chi connectivity index (χ1) is 11.1. The van der Waals surface area contributed by atoms with E-state index in [1.807, 2.05) is 31.6 Å². The lowest BCUT2D eigenvalue weighted by Crippen LogP contribution is -2.43. The van der Waals surface area contributed by atoms with Gasteiger partial charge >= 0.3 is 0 Å². The summed E-state index contributed by atoms with van der Waals surface area (Å²) in [6.07, 6.45) is 5.70. The predicted octanol–water partition coefficient (Wildman–Crippen LogP) is 1.61. The number of allylic oxidation sites excluding steroid dienone is 1. The summed E-state index contributed by atoms with van der Waals surface area (Å²) in [4.78, 5) is 9.34. The number of nitrogens with zero attached hydrogens (tertiary/aromatic N) is 4. The molecule has 6 nitrogen and oxygen atoms in total. The van der Waals surface area contributed by atoms with E-state index in [0.29, 0.717) is 5.16 Å². The molecule has 0 unspecified atom stereocenters. The first-order valence-electron chi connectivity index (χ1n) is 7.80. The molecule has 1 aromatic heterocycles. The van der Waals surface area contributed by atoms with Crippen LogP contribution in [-0.4, -0.2) is 60.1 Å². The molecule has 1 aromatic rings. The smallest absolute Gasteiger partial charge is 0.130 e. The number of hydrogen-bond acceptors (Lipinski definition) is 6. The quantitative estimate of drug-likeness (QED) is 0.816. The molecule has 1 saturated heterocycles. The highest BCUT2D eigenvalue weighted by molar-refractivity contribution is 6.29. The number of nitrogens with one attached hydrogen (secondary N) is 2. The molecular weight excluding hydrogens is 312 g/mol. The zero-order valence-electron chi connectivity index (χ0n) is 13.6. The summed E-state index contributed by atoms with van der Waals surface area (Å²) in [7, 11) is 4.07. The van der Waals surface area contributed by atoms with Gasteiger partial charge in [0.05, 0.1) is 5.70 Å². The van der Waals surface area contributed by atoms with Crippen LogP contribution in [0.3, 0.4) is 0 Å². The minimum absolute atomic E-state index is 0.573. The Kier molecular flexibility index (Phi) is 5.05. The fraction of sp³-hybridized carbons (Fsp3) is 0.438. The number of halogens is 1. The van der Waals surface area contributed by atoms with Gasteiger partial charge in [0, 0.05) is 52.2 Å². The van der Waals surface area contributed by atoms with Crippen molar-refractivity contribution in [2.45, 2.75) is 6.54 Å². The Morgan fingerprint density at radius 1 is 1.22 bits per heavy atom. The summed E-state index contributed by atoms with van der Waals surface area (Å²) in [6.45, 7) is 5.46. The van der Waals surface area contributed by atoms with E-state index in [-0.39, 0.29) is 0 Å². The van der Waals surface area contributed by atoms with Gasteiger partial charge in [-0.05, 0) is 24.8 Å². The van der Waals surface area contributed by atoms with Gasteiger partial charge in [0.25, 0.3) is 0 Å². The van der Waals surface area contributed by atoms with Crippen LogP contribution in [0.5, 0.6) is 0 Å². The van der Waals surface area contributed by atoms with E-state index in [4.69, 9.17) is 11.6 Å². The van der Waals surface area contributed by atoms with Crippen molar-refractivity contribution in [1.29, 1.82) is 0 Å². The number of aromatic nitrogens is 1. The minimum atomic E-state index is 0.573. The molecule has 3 rings (SSSR count). The molecule has 3 heterocycles. The highest BCUT2D eigenvalue weighted by atomic mass is 35.5. The lowest BCUT2D eigenvalue weighted by molar-refractivity contribution is 0.148. The Bertz CT molecular complexity index is 589. The van der Waals surface area contributed by atoms with Gasteiger partial charge in [-0.2, -0.15) is 0 Å². The van der Waals surface area contributed by atoms with Crippen LogP contribution >= 0.6 is 11.6 Å². The third-order valence-corrected chi connectivity index (χ3v) is 4.19. The molecule has 0 radical (unpaired) electrons. The monoisotopic (exact) mass is 334 g/mol. The molecule has 2 aliphatic heterocycles. The minimum Gasteiger partial charge on any atom is -0.339 e. The second-order valence-corrected chi connectivity index (χ2v) is 6.46. The normalized spacial score (nSPS) is 19.9. The number of pyridine rings is 1. The topological polar surface area (TPSA) is 46.7 Å². The number of anilines is 1. The molecule has 0 bridgehead atoms. The van der Waals surface area contributed by atoms with Crippen LogP contribution in [-0.2, 0) is 6.54 Å². The number of hydrogen-bond donors (Lipinski definition) is 2. The Morgan fingerprint density at radius 3 is 2.65 bits per heavy atom. The van der Waals surface area contributed by atoms with E-state index in [0.717, 1.165) is 44.2 Å². The molecule has 7 heteroatoms. The number of piperazine rings is 1. The third-order valence-electron chi connectivity index (χ3n) is 4.00. The van der Waals surface area contributed by atoms with Crippen molar-refractivity contribution in [2.24, 2.45) is 0 Å². The van der Waals surface area contributed by atoms with Crippen LogP contribution in [0, 0.1) is 0 Å². The molecule has 0 aliphatic carbocycles. The van der Waals surface area contributed by atoms with Gasteiger partial charge in [-0.25, -0.2) is 4.98 Å². The van der Waals surface area contributed by atoms with Gasteiger partial charge in [-0.1, -0.05) is 17.7 Å². The highest BCUT2D eigenvalue weighted by Gasteiger charge is 2.14. The standard InChI is InChI=1S/C16H23ClN6/c1-21-5-7-23(8-6-21)11-13-3-4-16(18-10-13)19-14-9-15(17)20-22(2)12-14/h3-4,9-10,12,20H,5-8,11H2,1-2H3,(H,18,19). The van der Waals surface area contributed by atoms with Gasteiger partial charge in [-0.15, -0.1) is 0 Å². The van der Waals surface area contributed by atoms with Crippen molar-refractivity contribution in [2.75, 3.05) is 45.6 Å². The molecule has 2 N–H and O–H groups in total. The summed E-state index contributed by atoms with van der Waals surface area (Å²) in [6, 6.07) is 4.14. The number of likely N-dealkylation sites (N-methyl/N-ethyl adjacent to an activating group) is 1. The lowest BCUT2D eigenvalue weighted by atomic mass is 10.2. The number of rotatable bonds is 4. The average molecular weight is 335 g/mol. The Hall–Kier alpha value is -1.76. The predicted molar refractivity (Wildman–Crippen MR) is 93.6 cm³/mol. The maximum Gasteiger partial charge on any atom is 0.130 e. The first kappa shape index (κ1) is 16.1. The summed E-state index contributed by atoms with van der Waals surface area (Å²) >= 11 is 6.01. The van der Waals surface area contributed by atoms with Crippen molar-refractivity contribution in [3.8, 4) is 0 Å². The largest absolute Gasteiger partial charge is 0.339 e. The number of hydrazine groups is 1. The van der Waals surface area contributed by atoms with Crippen molar-refractivity contribution >= 4 is 17.4 Å². The molecule has 2 aliphatic rings. The van der Waals surface area contributed by atoms with E-state index in [1.54, 1.807) is 5.01 Å². The molecule has 0 amide bonds. The van der Waals surface area contributed by atoms with E-state index >= 15 is 0 Å². The Morgan fingerprint density at radius 2 is 2.00 bits per heavy atom. The second kappa shape index (κ2) is 7.21. The highest BCUT2D eigenvalue weighted by Crippen LogP contribution is 2.15. The second-order valence-electron chi connectivity index (χ2n) is 6.06. The van der Waals surface area contributed by atoms with Crippen LogP contribution < -0.4 is 10.7 Å². The molecule has 1 fully saturated rings. The molecule has 0 saturated carbocycles. The average Bonchev–Trinajstić information content (AvgIpc) is 2.50. The maximum absolute atomic E-state index is 6.01. The van der Waals surface area contributed by atoms with Crippen molar-refractivity contribution in [3.63, 3.8) is 0 Å². The first-order valence-corrected chi connectivity index (χ1v) is 8.18. The van der Waals surface area contributed by atoms with Gasteiger partial charge in [-0.3, -0.25) is 15.3 Å². The van der Waals surface area contributed by atoms with E-state index in [9.17, 15) is 0 Å². The molecule has 124 valence electrons. The fourth-order valence-electron chi connectivity index (χ4n) is 2.69. The Balaban J connectivity index is 1.57. The van der Waals surface area contributed by atoms with Crippen molar-refractivity contribution in [1.82, 2.24) is 25.2 Å². The van der Waals surface area contributed by atoms with Gasteiger partial charge in [0.2, 0.25) is 0 Å². The van der Waals surface area contributed by atoms with Gasteiger partial charge in [0.1, 0.15) is 11.0 Å². The van der Waals surface area contributed by atoms with Crippen LogP contribution in [0.25, 0.3) is 0 Å². The van der Waals surface area contributed by atoms with Crippen molar-refractivity contribution < 1.29 is 0 Å². The molecule has 23 heavy (non-hydrogen) atoms. The van der Waals surface area contributed by atoms with Crippen LogP contribution in [0.1, 0.15) is 5.56 Å². The van der Waals surface area contributed by atoms with Crippen molar-refractivity contribution in [3.05, 3.63) is 47.0 Å². The fourth-order valence-corrected chi connectivity index (χ4v) is 2.94. The van der Waals surface area contributed by atoms with E-state index in [1.165, 1.54) is 5.56 Å². The van der Waals surface area contributed by atoms with Crippen LogP contribution in [0.15, 0.2) is 41.5 Å². The van der Waals surface area contributed by atoms with Gasteiger partial charge < -0.3 is 10.2 Å². The zero-order valence-corrected chi connectivity index (χ0v) is 14.3. The van der Waals surface area contributed by atoms with Gasteiger partial charge in [0.15, 0.2) is 0 Å². The van der Waals surface area contributed by atoms with Crippen LogP contribution in [0.4, 0.5) is 5.82 Å². The third kappa shape index (κ3) is 4.60. The Labute approximate surface area is 142 Å². The molecule has 0 atom stereocenters.